The van der Waals surface area contributed by atoms with E-state index < -0.39 is 0 Å². The van der Waals surface area contributed by atoms with Crippen LogP contribution in [0.4, 0.5) is 11.4 Å². The van der Waals surface area contributed by atoms with E-state index in [9.17, 15) is 0 Å². The number of thiophene rings is 1. The zero-order valence-corrected chi connectivity index (χ0v) is 32.5. The van der Waals surface area contributed by atoms with Crippen molar-refractivity contribution in [1.29, 1.82) is 0 Å². The first-order chi connectivity index (χ1) is 28.8. The number of para-hydroxylation sites is 2. The lowest BCUT2D eigenvalue weighted by molar-refractivity contribution is 0.745. The third-order valence-corrected chi connectivity index (χ3v) is 14.0. The summed E-state index contributed by atoms with van der Waals surface area (Å²) >= 11 is 1.89. The van der Waals surface area contributed by atoms with E-state index in [1.54, 1.807) is 0 Å². The Balaban J connectivity index is 0.983. The van der Waals surface area contributed by atoms with Crippen molar-refractivity contribution < 1.29 is 0 Å². The van der Waals surface area contributed by atoms with Crippen molar-refractivity contribution in [2.75, 3.05) is 4.90 Å². The second-order valence-corrected chi connectivity index (χ2v) is 17.0. The monoisotopic (exact) mass is 759 g/mol. The van der Waals surface area contributed by atoms with Gasteiger partial charge in [0.15, 0.2) is 0 Å². The molecule has 10 aromatic rings. The molecular formula is C54H37N3S. The first kappa shape index (κ1) is 32.2. The molecule has 1 aliphatic heterocycles. The molecule has 3 nitrogen and oxygen atoms in total. The molecule has 0 N–H and O–H groups in total. The number of benzene rings is 7. The number of nitrogens with zero attached hydrogens (tertiary/aromatic N) is 3. The number of aromatic nitrogens is 2. The molecular weight excluding hydrogens is 723 g/mol. The molecule has 0 radical (unpaired) electrons. The highest BCUT2D eigenvalue weighted by molar-refractivity contribution is 7.25. The predicted octanol–water partition coefficient (Wildman–Crippen LogP) is 14.8. The molecule has 0 amide bonds. The molecule has 274 valence electrons. The summed E-state index contributed by atoms with van der Waals surface area (Å²) in [6.45, 7) is 0. The van der Waals surface area contributed by atoms with Crippen LogP contribution < -0.4 is 4.90 Å². The predicted molar refractivity (Wildman–Crippen MR) is 248 cm³/mol. The zero-order chi connectivity index (χ0) is 37.9. The second kappa shape index (κ2) is 12.3. The summed E-state index contributed by atoms with van der Waals surface area (Å²) in [4.78, 5) is 2.50. The molecule has 4 heteroatoms. The van der Waals surface area contributed by atoms with Crippen LogP contribution in [0.25, 0.3) is 86.3 Å². The Morgan fingerprint density at radius 3 is 2.16 bits per heavy atom. The van der Waals surface area contributed by atoms with E-state index in [4.69, 9.17) is 0 Å². The largest absolute Gasteiger partial charge is 0.333 e. The minimum absolute atomic E-state index is 0.274. The summed E-state index contributed by atoms with van der Waals surface area (Å²) in [7, 11) is 0. The average molecular weight is 760 g/mol. The Labute approximate surface area is 340 Å². The Kier molecular flexibility index (Phi) is 6.84. The lowest BCUT2D eigenvalue weighted by Crippen LogP contribution is -2.28. The number of rotatable bonds is 4. The van der Waals surface area contributed by atoms with Crippen molar-refractivity contribution in [2.24, 2.45) is 0 Å². The summed E-state index contributed by atoms with van der Waals surface area (Å²) < 4.78 is 7.66. The number of anilines is 2. The van der Waals surface area contributed by atoms with Gasteiger partial charge in [0.25, 0.3) is 0 Å². The van der Waals surface area contributed by atoms with Gasteiger partial charge >= 0.3 is 0 Å². The molecule has 3 aromatic heterocycles. The van der Waals surface area contributed by atoms with Gasteiger partial charge in [0.2, 0.25) is 0 Å². The highest BCUT2D eigenvalue weighted by Crippen LogP contribution is 2.49. The Hall–Kier alpha value is -6.88. The minimum atomic E-state index is 0.274. The molecule has 58 heavy (non-hydrogen) atoms. The number of hydrogen-bond donors (Lipinski definition) is 0. The molecule has 0 bridgehead atoms. The maximum absolute atomic E-state index is 2.51. The number of fused-ring (bicyclic) bond motifs is 12. The van der Waals surface area contributed by atoms with Crippen molar-refractivity contribution in [2.45, 2.75) is 24.8 Å². The van der Waals surface area contributed by atoms with Crippen molar-refractivity contribution >= 4 is 92.2 Å². The first-order valence-corrected chi connectivity index (χ1v) is 21.2. The second-order valence-electron chi connectivity index (χ2n) is 16.0. The van der Waals surface area contributed by atoms with Crippen LogP contribution in [-0.2, 0) is 0 Å². The molecule has 0 saturated carbocycles. The standard InChI is InChI=1S/C54H37N3S/c1-3-13-36(14-4-1)55-47-20-10-7-17-39(47)43-29-34(23-27-49(43)55)35-24-28-50-44(30-35)40-18-8-11-21-48(40)57(50)38-25-26-41-45-33-54-46(42-19-9-12-22-53(42)58-54)32-52(45)56(51(41)31-38)37-15-5-2-6-16-37/h1,3-5,7-33,39,47H,2,6H2. The van der Waals surface area contributed by atoms with Crippen molar-refractivity contribution in [3.05, 3.63) is 194 Å². The molecule has 2 aliphatic carbocycles. The van der Waals surface area contributed by atoms with Crippen LogP contribution in [0.5, 0.6) is 0 Å². The van der Waals surface area contributed by atoms with Crippen molar-refractivity contribution in [1.82, 2.24) is 9.13 Å². The minimum Gasteiger partial charge on any atom is -0.333 e. The van der Waals surface area contributed by atoms with E-state index in [-0.39, 0.29) is 6.04 Å². The zero-order valence-electron chi connectivity index (χ0n) is 31.7. The summed E-state index contributed by atoms with van der Waals surface area (Å²) in [5, 5.41) is 7.79. The highest BCUT2D eigenvalue weighted by atomic mass is 32.1. The summed E-state index contributed by atoms with van der Waals surface area (Å²) in [5.41, 5.74) is 13.8. The summed E-state index contributed by atoms with van der Waals surface area (Å²) in [6.07, 6.45) is 18.3. The number of hydrogen-bond acceptors (Lipinski definition) is 2. The fourth-order valence-electron chi connectivity index (χ4n) is 10.2. The third kappa shape index (κ3) is 4.61. The van der Waals surface area contributed by atoms with Crippen LogP contribution in [0.3, 0.4) is 0 Å². The molecule has 2 unspecified atom stereocenters. The van der Waals surface area contributed by atoms with E-state index >= 15 is 0 Å². The third-order valence-electron chi connectivity index (χ3n) is 12.8. The van der Waals surface area contributed by atoms with Crippen LogP contribution in [0.1, 0.15) is 24.3 Å². The van der Waals surface area contributed by atoms with E-state index in [1.165, 1.54) is 103 Å². The lowest BCUT2D eigenvalue weighted by atomic mass is 9.89. The van der Waals surface area contributed by atoms with Crippen LogP contribution >= 0.6 is 11.3 Å². The van der Waals surface area contributed by atoms with Crippen molar-refractivity contribution in [3.8, 4) is 16.8 Å². The van der Waals surface area contributed by atoms with Gasteiger partial charge in [0.05, 0.1) is 28.1 Å². The maximum Gasteiger partial charge on any atom is 0.0629 e. The van der Waals surface area contributed by atoms with Gasteiger partial charge in [-0.1, -0.05) is 109 Å². The van der Waals surface area contributed by atoms with Gasteiger partial charge in [0.1, 0.15) is 0 Å². The van der Waals surface area contributed by atoms with E-state index in [0.29, 0.717) is 5.92 Å². The first-order valence-electron chi connectivity index (χ1n) is 20.4. The van der Waals surface area contributed by atoms with Crippen LogP contribution in [-0.4, -0.2) is 15.2 Å². The molecule has 2 atom stereocenters. The summed E-state index contributed by atoms with van der Waals surface area (Å²) in [6, 6.07) is 55.0. The fourth-order valence-corrected chi connectivity index (χ4v) is 11.4. The maximum atomic E-state index is 2.51. The van der Waals surface area contributed by atoms with Gasteiger partial charge in [-0.05, 0) is 108 Å². The van der Waals surface area contributed by atoms with Gasteiger partial charge in [-0.3, -0.25) is 0 Å². The Morgan fingerprint density at radius 1 is 0.483 bits per heavy atom. The van der Waals surface area contributed by atoms with Gasteiger partial charge in [-0.15, -0.1) is 11.3 Å². The average Bonchev–Trinajstić information content (AvgIpc) is 4.01. The molecule has 13 rings (SSSR count). The highest BCUT2D eigenvalue weighted by Gasteiger charge is 2.37. The molecule has 0 fully saturated rings. The summed E-state index contributed by atoms with van der Waals surface area (Å²) in [5.74, 6) is 0.312. The van der Waals surface area contributed by atoms with Crippen LogP contribution in [0.2, 0.25) is 0 Å². The molecule has 3 aliphatic rings. The smallest absolute Gasteiger partial charge is 0.0629 e. The topological polar surface area (TPSA) is 13.1 Å². The van der Waals surface area contributed by atoms with E-state index in [0.717, 1.165) is 12.8 Å². The fraction of sp³-hybridized carbons (Fsp3) is 0.0741. The van der Waals surface area contributed by atoms with E-state index in [1.807, 2.05) is 11.3 Å². The number of allylic oxidation sites excluding steroid dienone is 6. The SMILES string of the molecule is C1=CC2c3cc(-c4ccc5c(c4)c4ccccc4n5-c4ccc5c6cc7sc8ccccc8c7cc6n(C6=CCCC=C6)c5c4)ccc3N(c3ccccc3)C2C=C1. The van der Waals surface area contributed by atoms with E-state index in [2.05, 4.69) is 202 Å². The van der Waals surface area contributed by atoms with Gasteiger partial charge in [-0.25, -0.2) is 0 Å². The van der Waals surface area contributed by atoms with Gasteiger partial charge < -0.3 is 14.0 Å². The quantitative estimate of drug-likeness (QED) is 0.174. The Bertz CT molecular complexity index is 3480. The molecule has 4 heterocycles. The van der Waals surface area contributed by atoms with Crippen molar-refractivity contribution in [3.63, 3.8) is 0 Å². The Morgan fingerprint density at radius 2 is 1.24 bits per heavy atom. The van der Waals surface area contributed by atoms with Gasteiger partial charge in [-0.2, -0.15) is 0 Å². The van der Waals surface area contributed by atoms with Crippen LogP contribution in [0.15, 0.2) is 188 Å². The normalized spacial score (nSPS) is 17.4. The lowest BCUT2D eigenvalue weighted by Gasteiger charge is -2.28. The van der Waals surface area contributed by atoms with Gasteiger partial charge in [0, 0.05) is 70.4 Å². The molecule has 7 aromatic carbocycles. The van der Waals surface area contributed by atoms with Crippen LogP contribution in [0, 0.1) is 0 Å². The molecule has 0 spiro atoms. The molecule has 0 saturated heterocycles.